The molecule has 0 aliphatic rings. The molecular weight excluding hydrogens is 260 g/mol. The van der Waals surface area contributed by atoms with Gasteiger partial charge < -0.3 is 20.7 Å². The Morgan fingerprint density at radius 2 is 2.15 bits per heavy atom. The van der Waals surface area contributed by atoms with Gasteiger partial charge >= 0.3 is 5.97 Å². The molecule has 0 bridgehead atoms. The third kappa shape index (κ3) is 3.59. The highest BCUT2D eigenvalue weighted by molar-refractivity contribution is 5.89. The average Bonchev–Trinajstić information content (AvgIpc) is 2.46. The highest BCUT2D eigenvalue weighted by Gasteiger charge is 2.18. The first-order valence-corrected chi connectivity index (χ1v) is 6.27. The number of carbonyl (C=O) groups is 2. The number of rotatable bonds is 5. The minimum Gasteiger partial charge on any atom is -0.464 e. The van der Waals surface area contributed by atoms with Gasteiger partial charge in [0.2, 0.25) is 5.91 Å². The van der Waals surface area contributed by atoms with Crippen LogP contribution in [-0.2, 0) is 9.53 Å². The largest absolute Gasteiger partial charge is 0.464 e. The van der Waals surface area contributed by atoms with Gasteiger partial charge in [-0.15, -0.1) is 0 Å². The van der Waals surface area contributed by atoms with E-state index in [1.165, 1.54) is 13.2 Å². The molecule has 0 radical (unpaired) electrons. The maximum atomic E-state index is 12.0. The second-order valence-corrected chi connectivity index (χ2v) is 4.34. The molecule has 3 N–H and O–H groups in total. The second-order valence-electron chi connectivity index (χ2n) is 4.34. The van der Waals surface area contributed by atoms with E-state index in [1.807, 2.05) is 6.92 Å². The lowest BCUT2D eigenvalue weighted by molar-refractivity contribution is -0.130. The van der Waals surface area contributed by atoms with Crippen LogP contribution in [0, 0.1) is 0 Å². The topological polar surface area (TPSA) is 97.5 Å². The van der Waals surface area contributed by atoms with Crippen molar-refractivity contribution in [1.29, 1.82) is 0 Å². The first kappa shape index (κ1) is 15.7. The number of anilines is 2. The molecule has 0 fully saturated rings. The molecule has 1 aromatic rings. The smallest absolute Gasteiger partial charge is 0.356 e. The number of hydrogen-bond acceptors (Lipinski definition) is 6. The summed E-state index contributed by atoms with van der Waals surface area (Å²) in [5, 5.41) is 2.91. The number of methoxy groups -OCH3 is 1. The SMILES string of the molecule is CCN(C)C(=O)C(C)Nc1nc(C(=O)OC)ccc1N. The molecule has 1 atom stereocenters. The van der Waals surface area contributed by atoms with Crippen LogP contribution in [0.1, 0.15) is 24.3 Å². The lowest BCUT2D eigenvalue weighted by Crippen LogP contribution is -2.39. The molecule has 0 aliphatic heterocycles. The van der Waals surface area contributed by atoms with E-state index >= 15 is 0 Å². The van der Waals surface area contributed by atoms with E-state index in [4.69, 9.17) is 5.73 Å². The maximum Gasteiger partial charge on any atom is 0.356 e. The molecule has 1 aromatic heterocycles. The van der Waals surface area contributed by atoms with Crippen molar-refractivity contribution in [2.75, 3.05) is 31.8 Å². The number of aromatic nitrogens is 1. The van der Waals surface area contributed by atoms with E-state index in [9.17, 15) is 9.59 Å². The molecule has 0 spiro atoms. The number of hydrogen-bond donors (Lipinski definition) is 2. The van der Waals surface area contributed by atoms with Crippen LogP contribution >= 0.6 is 0 Å². The summed E-state index contributed by atoms with van der Waals surface area (Å²) < 4.78 is 4.59. The molecule has 1 unspecified atom stereocenters. The van der Waals surface area contributed by atoms with Crippen LogP contribution in [0.25, 0.3) is 0 Å². The molecule has 20 heavy (non-hydrogen) atoms. The minimum atomic E-state index is -0.558. The van der Waals surface area contributed by atoms with Crippen molar-refractivity contribution in [1.82, 2.24) is 9.88 Å². The quantitative estimate of drug-likeness (QED) is 0.772. The van der Waals surface area contributed by atoms with Crippen LogP contribution in [0.3, 0.4) is 0 Å². The van der Waals surface area contributed by atoms with Crippen LogP contribution in [-0.4, -0.2) is 48.5 Å². The van der Waals surface area contributed by atoms with Crippen molar-refractivity contribution in [2.24, 2.45) is 0 Å². The zero-order valence-electron chi connectivity index (χ0n) is 12.1. The summed E-state index contributed by atoms with van der Waals surface area (Å²) in [6.07, 6.45) is 0. The first-order valence-electron chi connectivity index (χ1n) is 6.27. The summed E-state index contributed by atoms with van der Waals surface area (Å²) in [6.45, 7) is 4.20. The molecule has 0 aromatic carbocycles. The Hall–Kier alpha value is -2.31. The Balaban J connectivity index is 2.91. The van der Waals surface area contributed by atoms with Crippen molar-refractivity contribution < 1.29 is 14.3 Å². The summed E-state index contributed by atoms with van der Waals surface area (Å²) in [5.41, 5.74) is 6.28. The number of carbonyl (C=O) groups excluding carboxylic acids is 2. The molecule has 0 aliphatic carbocycles. The summed E-state index contributed by atoms with van der Waals surface area (Å²) in [5.74, 6) is -0.354. The van der Waals surface area contributed by atoms with Crippen LogP contribution in [0.2, 0.25) is 0 Å². The van der Waals surface area contributed by atoms with Gasteiger partial charge in [-0.05, 0) is 26.0 Å². The van der Waals surface area contributed by atoms with Gasteiger partial charge in [0.25, 0.3) is 0 Å². The molecule has 1 heterocycles. The molecule has 110 valence electrons. The van der Waals surface area contributed by atoms with Crippen molar-refractivity contribution in [3.63, 3.8) is 0 Å². The number of nitrogen functional groups attached to an aromatic ring is 1. The maximum absolute atomic E-state index is 12.0. The van der Waals surface area contributed by atoms with E-state index in [2.05, 4.69) is 15.0 Å². The van der Waals surface area contributed by atoms with Crippen molar-refractivity contribution >= 4 is 23.4 Å². The summed E-state index contributed by atoms with van der Waals surface area (Å²) in [4.78, 5) is 29.0. The van der Waals surface area contributed by atoms with Crippen LogP contribution in [0.4, 0.5) is 11.5 Å². The van der Waals surface area contributed by atoms with Crippen molar-refractivity contribution in [3.8, 4) is 0 Å². The van der Waals surface area contributed by atoms with E-state index in [1.54, 1.807) is 24.9 Å². The Morgan fingerprint density at radius 3 is 2.70 bits per heavy atom. The normalized spacial score (nSPS) is 11.6. The number of nitrogens with two attached hydrogens (primary N) is 1. The number of pyridine rings is 1. The Labute approximate surface area is 118 Å². The summed E-state index contributed by atoms with van der Waals surface area (Å²) >= 11 is 0. The van der Waals surface area contributed by atoms with E-state index in [0.717, 1.165) is 0 Å². The van der Waals surface area contributed by atoms with Crippen LogP contribution in [0.15, 0.2) is 12.1 Å². The lowest BCUT2D eigenvalue weighted by atomic mass is 10.2. The van der Waals surface area contributed by atoms with Gasteiger partial charge in [0.15, 0.2) is 11.5 Å². The van der Waals surface area contributed by atoms with Crippen LogP contribution in [0.5, 0.6) is 0 Å². The molecule has 7 nitrogen and oxygen atoms in total. The van der Waals surface area contributed by atoms with E-state index in [0.29, 0.717) is 18.1 Å². The van der Waals surface area contributed by atoms with Gasteiger partial charge in [0.1, 0.15) is 6.04 Å². The predicted molar refractivity (Wildman–Crippen MR) is 76.4 cm³/mol. The average molecular weight is 280 g/mol. The van der Waals surface area contributed by atoms with Gasteiger partial charge in [0.05, 0.1) is 12.8 Å². The number of ether oxygens (including phenoxy) is 1. The lowest BCUT2D eigenvalue weighted by Gasteiger charge is -2.21. The molecule has 0 saturated heterocycles. The van der Waals surface area contributed by atoms with Gasteiger partial charge in [-0.1, -0.05) is 0 Å². The fourth-order valence-electron chi connectivity index (χ4n) is 1.56. The third-order valence-electron chi connectivity index (χ3n) is 2.90. The predicted octanol–water partition coefficient (Wildman–Crippen LogP) is 0.729. The van der Waals surface area contributed by atoms with E-state index in [-0.39, 0.29) is 11.6 Å². The first-order chi connectivity index (χ1) is 9.40. The Morgan fingerprint density at radius 1 is 1.50 bits per heavy atom. The molecular formula is C13H20N4O3. The summed E-state index contributed by atoms with van der Waals surface area (Å²) in [7, 11) is 2.98. The summed E-state index contributed by atoms with van der Waals surface area (Å²) in [6, 6.07) is 2.52. The molecule has 1 amide bonds. The van der Waals surface area contributed by atoms with E-state index < -0.39 is 12.0 Å². The number of nitrogens with zero attached hydrogens (tertiary/aromatic N) is 2. The van der Waals surface area contributed by atoms with Gasteiger partial charge in [-0.3, -0.25) is 4.79 Å². The van der Waals surface area contributed by atoms with Crippen molar-refractivity contribution in [3.05, 3.63) is 17.8 Å². The Kier molecular flexibility index (Phi) is 5.31. The molecule has 0 saturated carbocycles. The number of nitrogens with one attached hydrogen (secondary N) is 1. The minimum absolute atomic E-state index is 0.0860. The van der Waals surface area contributed by atoms with Gasteiger partial charge in [0, 0.05) is 13.6 Å². The van der Waals surface area contributed by atoms with Gasteiger partial charge in [-0.2, -0.15) is 0 Å². The highest BCUT2D eigenvalue weighted by Crippen LogP contribution is 2.17. The fraction of sp³-hybridized carbons (Fsp3) is 0.462. The fourth-order valence-corrected chi connectivity index (χ4v) is 1.56. The molecule has 7 heteroatoms. The number of esters is 1. The zero-order valence-corrected chi connectivity index (χ0v) is 12.1. The number of likely N-dealkylation sites (N-methyl/N-ethyl adjacent to an activating group) is 1. The molecule has 1 rings (SSSR count). The standard InChI is InChI=1S/C13H20N4O3/c1-5-17(3)12(18)8(2)15-11-9(14)6-7-10(16-11)13(19)20-4/h6-8H,5,14H2,1-4H3,(H,15,16). The number of amides is 1. The van der Waals surface area contributed by atoms with Crippen LogP contribution < -0.4 is 11.1 Å². The van der Waals surface area contributed by atoms with Crippen molar-refractivity contribution in [2.45, 2.75) is 19.9 Å². The third-order valence-corrected chi connectivity index (χ3v) is 2.90. The zero-order chi connectivity index (χ0) is 15.3. The monoisotopic (exact) mass is 280 g/mol. The second kappa shape index (κ2) is 6.74. The highest BCUT2D eigenvalue weighted by atomic mass is 16.5. The van der Waals surface area contributed by atoms with Gasteiger partial charge in [-0.25, -0.2) is 9.78 Å². The Bertz CT molecular complexity index is 504.